The number of amides is 3. The van der Waals surface area contributed by atoms with Crippen LogP contribution in [0.2, 0.25) is 0 Å². The topological polar surface area (TPSA) is 73.0 Å². The van der Waals surface area contributed by atoms with E-state index in [1.807, 2.05) is 29.2 Å². The number of fused-ring (bicyclic) bond motifs is 1. The lowest BCUT2D eigenvalue weighted by Gasteiger charge is -2.57. The fourth-order valence-electron chi connectivity index (χ4n) is 9.21. The highest BCUT2D eigenvalue weighted by Crippen LogP contribution is 2.60. The van der Waals surface area contributed by atoms with E-state index in [1.54, 1.807) is 0 Å². The molecule has 1 spiro atoms. The molecule has 5 saturated carbocycles. The third-order valence-corrected chi connectivity index (χ3v) is 10.4. The Morgan fingerprint density at radius 3 is 2.14 bits per heavy atom. The predicted molar refractivity (Wildman–Crippen MR) is 137 cm³/mol. The fourth-order valence-corrected chi connectivity index (χ4v) is 9.21. The van der Waals surface area contributed by atoms with E-state index in [0.717, 1.165) is 74.3 Å². The van der Waals surface area contributed by atoms with Crippen LogP contribution in [0.1, 0.15) is 64.2 Å². The SMILES string of the molecule is O=C(CN1CCN(C(=O)C23CC4CC(CC(C4)C2)C3)CC1)N1c2ccccc2NC(=O)C12CCCC2. The van der Waals surface area contributed by atoms with Crippen LogP contribution < -0.4 is 10.2 Å². The van der Waals surface area contributed by atoms with Gasteiger partial charge in [-0.25, -0.2) is 0 Å². The molecule has 7 heteroatoms. The zero-order valence-corrected chi connectivity index (χ0v) is 21.2. The van der Waals surface area contributed by atoms with E-state index in [-0.39, 0.29) is 17.2 Å². The molecule has 1 N–H and O–H groups in total. The molecule has 5 aliphatic carbocycles. The average molecular weight is 491 g/mol. The van der Waals surface area contributed by atoms with Crippen LogP contribution in [0, 0.1) is 23.2 Å². The van der Waals surface area contributed by atoms with Crippen molar-refractivity contribution in [2.75, 3.05) is 42.9 Å². The van der Waals surface area contributed by atoms with Crippen LogP contribution >= 0.6 is 0 Å². The van der Waals surface area contributed by atoms with Gasteiger partial charge in [-0.3, -0.25) is 24.2 Å². The van der Waals surface area contributed by atoms with Crippen molar-refractivity contribution in [2.45, 2.75) is 69.7 Å². The molecule has 4 bridgehead atoms. The number of hydrogen-bond acceptors (Lipinski definition) is 4. The molecule has 0 aromatic heterocycles. The molecule has 3 amide bonds. The van der Waals surface area contributed by atoms with Gasteiger partial charge in [0.25, 0.3) is 5.91 Å². The van der Waals surface area contributed by atoms with Gasteiger partial charge in [-0.15, -0.1) is 0 Å². The second-order valence-electron chi connectivity index (χ2n) is 12.7. The molecule has 0 atom stereocenters. The maximum atomic E-state index is 13.8. The van der Waals surface area contributed by atoms with Crippen molar-refractivity contribution in [3.63, 3.8) is 0 Å². The third kappa shape index (κ3) is 3.45. The first kappa shape index (κ1) is 22.8. The highest BCUT2D eigenvalue weighted by atomic mass is 16.2. The summed E-state index contributed by atoms with van der Waals surface area (Å²) in [5, 5.41) is 3.06. The highest BCUT2D eigenvalue weighted by Gasteiger charge is 2.56. The molecule has 0 radical (unpaired) electrons. The second kappa shape index (κ2) is 8.30. The number of anilines is 2. The zero-order chi connectivity index (χ0) is 24.5. The summed E-state index contributed by atoms with van der Waals surface area (Å²) in [7, 11) is 0. The molecular weight excluding hydrogens is 452 g/mol. The number of nitrogens with zero attached hydrogens (tertiary/aromatic N) is 3. The van der Waals surface area contributed by atoms with E-state index in [2.05, 4.69) is 15.1 Å². The van der Waals surface area contributed by atoms with Gasteiger partial charge in [-0.2, -0.15) is 0 Å². The zero-order valence-electron chi connectivity index (χ0n) is 21.2. The van der Waals surface area contributed by atoms with Gasteiger partial charge < -0.3 is 10.2 Å². The Morgan fingerprint density at radius 1 is 0.889 bits per heavy atom. The quantitative estimate of drug-likeness (QED) is 0.702. The molecule has 192 valence electrons. The van der Waals surface area contributed by atoms with Crippen molar-refractivity contribution in [3.8, 4) is 0 Å². The Bertz CT molecular complexity index is 1050. The van der Waals surface area contributed by atoms with E-state index in [9.17, 15) is 14.4 Å². The van der Waals surface area contributed by atoms with E-state index in [4.69, 9.17) is 0 Å². The normalized spacial score (nSPS) is 34.7. The lowest BCUT2D eigenvalue weighted by atomic mass is 9.49. The van der Waals surface area contributed by atoms with Crippen molar-refractivity contribution in [3.05, 3.63) is 24.3 Å². The summed E-state index contributed by atoms with van der Waals surface area (Å²) in [5.74, 6) is 2.67. The Kier molecular flexibility index (Phi) is 5.25. The second-order valence-corrected chi connectivity index (χ2v) is 12.7. The Balaban J connectivity index is 1.04. The van der Waals surface area contributed by atoms with Crippen LogP contribution in [0.5, 0.6) is 0 Å². The number of hydrogen-bond donors (Lipinski definition) is 1. The van der Waals surface area contributed by atoms with Crippen LogP contribution in [-0.4, -0.2) is 65.8 Å². The Morgan fingerprint density at radius 2 is 1.50 bits per heavy atom. The first-order valence-electron chi connectivity index (χ1n) is 14.2. The van der Waals surface area contributed by atoms with Crippen molar-refractivity contribution >= 4 is 29.1 Å². The number of benzene rings is 1. The van der Waals surface area contributed by atoms with Crippen molar-refractivity contribution in [1.82, 2.24) is 9.80 Å². The van der Waals surface area contributed by atoms with E-state index in [0.29, 0.717) is 38.4 Å². The summed E-state index contributed by atoms with van der Waals surface area (Å²) < 4.78 is 0. The van der Waals surface area contributed by atoms with Gasteiger partial charge in [0, 0.05) is 26.2 Å². The molecular formula is C29H38N4O3. The number of carbonyl (C=O) groups is 3. The number of piperazine rings is 1. The van der Waals surface area contributed by atoms with Gasteiger partial charge in [-0.1, -0.05) is 25.0 Å². The van der Waals surface area contributed by atoms with Gasteiger partial charge in [-0.05, 0) is 81.3 Å². The summed E-state index contributed by atoms with van der Waals surface area (Å²) >= 11 is 0. The van der Waals surface area contributed by atoms with Gasteiger partial charge in [0.05, 0.1) is 23.3 Å². The van der Waals surface area contributed by atoms with E-state index >= 15 is 0 Å². The van der Waals surface area contributed by atoms with E-state index < -0.39 is 5.54 Å². The lowest BCUT2D eigenvalue weighted by Crippen LogP contribution is -2.63. The maximum absolute atomic E-state index is 13.8. The van der Waals surface area contributed by atoms with Gasteiger partial charge in [0.1, 0.15) is 5.54 Å². The van der Waals surface area contributed by atoms with Crippen molar-refractivity contribution < 1.29 is 14.4 Å². The molecule has 7 nitrogen and oxygen atoms in total. The molecule has 8 rings (SSSR count). The maximum Gasteiger partial charge on any atom is 0.250 e. The Labute approximate surface area is 213 Å². The minimum atomic E-state index is -0.762. The predicted octanol–water partition coefficient (Wildman–Crippen LogP) is 3.65. The molecule has 2 aliphatic heterocycles. The number of para-hydroxylation sites is 2. The summed E-state index contributed by atoms with van der Waals surface area (Å²) in [4.78, 5) is 46.9. The van der Waals surface area contributed by atoms with Crippen LogP contribution in [0.25, 0.3) is 0 Å². The summed E-state index contributed by atoms with van der Waals surface area (Å²) in [6, 6.07) is 7.67. The minimum Gasteiger partial charge on any atom is -0.340 e. The fraction of sp³-hybridized carbons (Fsp3) is 0.690. The van der Waals surface area contributed by atoms with Gasteiger partial charge in [0.2, 0.25) is 11.8 Å². The molecule has 7 aliphatic rings. The Hall–Kier alpha value is -2.41. The van der Waals surface area contributed by atoms with Crippen LogP contribution in [0.3, 0.4) is 0 Å². The van der Waals surface area contributed by atoms with Gasteiger partial charge in [0.15, 0.2) is 0 Å². The summed E-state index contributed by atoms with van der Waals surface area (Å²) in [6.07, 6.45) is 10.7. The van der Waals surface area contributed by atoms with Gasteiger partial charge >= 0.3 is 0 Å². The summed E-state index contributed by atoms with van der Waals surface area (Å²) in [5.41, 5.74) is 0.688. The summed E-state index contributed by atoms with van der Waals surface area (Å²) in [6.45, 7) is 3.14. The van der Waals surface area contributed by atoms with Crippen LogP contribution in [0.15, 0.2) is 24.3 Å². The standard InChI is InChI=1S/C29H38N4O3/c34-25(33-24-6-2-1-5-23(24)30-26(35)29(33)7-3-4-8-29)19-31-9-11-32(12-10-31)27(36)28-16-20-13-21(17-28)15-22(14-20)18-28/h1-2,5-6,20-22H,3-4,7-19H2,(H,30,35). The lowest BCUT2D eigenvalue weighted by molar-refractivity contribution is -0.159. The van der Waals surface area contributed by atoms with Crippen molar-refractivity contribution in [2.24, 2.45) is 23.2 Å². The molecule has 6 fully saturated rings. The number of carbonyl (C=O) groups excluding carboxylic acids is 3. The first-order chi connectivity index (χ1) is 17.5. The molecule has 1 saturated heterocycles. The average Bonchev–Trinajstić information content (AvgIpc) is 3.34. The molecule has 2 heterocycles. The largest absolute Gasteiger partial charge is 0.340 e. The smallest absolute Gasteiger partial charge is 0.250 e. The van der Waals surface area contributed by atoms with Crippen LogP contribution in [0.4, 0.5) is 11.4 Å². The molecule has 1 aromatic rings. The highest BCUT2D eigenvalue weighted by molar-refractivity contribution is 6.15. The first-order valence-corrected chi connectivity index (χ1v) is 14.2. The monoisotopic (exact) mass is 490 g/mol. The molecule has 0 unspecified atom stereocenters. The molecule has 36 heavy (non-hydrogen) atoms. The third-order valence-electron chi connectivity index (χ3n) is 10.4. The number of rotatable bonds is 3. The van der Waals surface area contributed by atoms with Crippen molar-refractivity contribution in [1.29, 1.82) is 0 Å². The molecule has 1 aromatic carbocycles. The van der Waals surface area contributed by atoms with Crippen LogP contribution in [-0.2, 0) is 14.4 Å². The van der Waals surface area contributed by atoms with E-state index in [1.165, 1.54) is 19.3 Å². The number of nitrogens with one attached hydrogen (secondary N) is 1. The minimum absolute atomic E-state index is 0.0000562.